The van der Waals surface area contributed by atoms with Gasteiger partial charge >= 0.3 is 0 Å². The van der Waals surface area contributed by atoms with Gasteiger partial charge in [0, 0.05) is 6.21 Å². The van der Waals surface area contributed by atoms with Gasteiger partial charge in [-0.05, 0) is 11.1 Å². The standard InChI is InChI=1S/C15H14N2O/c16-14(13-9-5-2-6-10-13)15(18)17-11-12-7-3-1-4-8-12/h1-11,14H,16H2/t14-/m0/s1. The van der Waals surface area contributed by atoms with Crippen LogP contribution >= 0.6 is 0 Å². The van der Waals surface area contributed by atoms with Gasteiger partial charge in [-0.2, -0.15) is 0 Å². The minimum absolute atomic E-state index is 0.343. The van der Waals surface area contributed by atoms with Gasteiger partial charge in [-0.3, -0.25) is 4.79 Å². The van der Waals surface area contributed by atoms with Crippen LogP contribution in [0.2, 0.25) is 0 Å². The molecule has 18 heavy (non-hydrogen) atoms. The lowest BCUT2D eigenvalue weighted by atomic mass is 10.1. The maximum atomic E-state index is 11.8. The predicted octanol–water partition coefficient (Wildman–Crippen LogP) is 2.33. The molecule has 2 aromatic carbocycles. The Morgan fingerprint density at radius 3 is 2.17 bits per heavy atom. The summed E-state index contributed by atoms with van der Waals surface area (Å²) in [5, 5.41) is 0. The Kier molecular flexibility index (Phi) is 3.99. The summed E-state index contributed by atoms with van der Waals surface area (Å²) in [6.07, 6.45) is 1.53. The summed E-state index contributed by atoms with van der Waals surface area (Å²) in [5.74, 6) is -0.343. The number of carbonyl (C=O) groups excluding carboxylic acids is 1. The summed E-state index contributed by atoms with van der Waals surface area (Å²) >= 11 is 0. The Labute approximate surface area is 106 Å². The molecule has 2 N–H and O–H groups in total. The van der Waals surface area contributed by atoms with E-state index in [0.29, 0.717) is 0 Å². The van der Waals surface area contributed by atoms with Crippen molar-refractivity contribution in [3.05, 3.63) is 71.8 Å². The van der Waals surface area contributed by atoms with Crippen LogP contribution in [0.5, 0.6) is 0 Å². The van der Waals surface area contributed by atoms with Crippen LogP contribution in [0.25, 0.3) is 0 Å². The molecule has 0 aromatic heterocycles. The van der Waals surface area contributed by atoms with Gasteiger partial charge in [0.25, 0.3) is 5.91 Å². The van der Waals surface area contributed by atoms with Gasteiger partial charge in [0.05, 0.1) is 0 Å². The molecule has 0 saturated heterocycles. The molecular formula is C15H14N2O. The van der Waals surface area contributed by atoms with E-state index in [-0.39, 0.29) is 5.91 Å². The van der Waals surface area contributed by atoms with Crippen LogP contribution in [0.3, 0.4) is 0 Å². The van der Waals surface area contributed by atoms with Crippen LogP contribution in [0.1, 0.15) is 17.2 Å². The normalized spacial score (nSPS) is 12.5. The lowest BCUT2D eigenvalue weighted by Gasteiger charge is -2.06. The summed E-state index contributed by atoms with van der Waals surface area (Å²) in [7, 11) is 0. The fourth-order valence-corrected chi connectivity index (χ4v) is 1.56. The summed E-state index contributed by atoms with van der Waals surface area (Å²) in [6, 6.07) is 18.0. The number of hydrogen-bond donors (Lipinski definition) is 1. The average Bonchev–Trinajstić information content (AvgIpc) is 2.46. The summed E-state index contributed by atoms with van der Waals surface area (Å²) in [5.41, 5.74) is 7.49. The molecule has 0 unspecified atom stereocenters. The van der Waals surface area contributed by atoms with Crippen LogP contribution in [-0.4, -0.2) is 12.1 Å². The minimum atomic E-state index is -0.703. The summed E-state index contributed by atoms with van der Waals surface area (Å²) < 4.78 is 0. The first-order chi connectivity index (χ1) is 8.77. The Hall–Kier alpha value is -2.26. The number of benzene rings is 2. The molecule has 0 radical (unpaired) electrons. The molecule has 0 aliphatic rings. The second kappa shape index (κ2) is 5.89. The Balaban J connectivity index is 2.07. The third-order valence-corrected chi connectivity index (χ3v) is 2.57. The maximum absolute atomic E-state index is 11.8. The van der Waals surface area contributed by atoms with Crippen molar-refractivity contribution >= 4 is 12.1 Å². The van der Waals surface area contributed by atoms with E-state index in [1.807, 2.05) is 60.7 Å². The Morgan fingerprint density at radius 2 is 1.56 bits per heavy atom. The first-order valence-corrected chi connectivity index (χ1v) is 5.71. The number of amides is 1. The highest BCUT2D eigenvalue weighted by atomic mass is 16.1. The van der Waals surface area contributed by atoms with Gasteiger partial charge in [0.2, 0.25) is 0 Å². The van der Waals surface area contributed by atoms with Crippen molar-refractivity contribution in [2.24, 2.45) is 10.7 Å². The topological polar surface area (TPSA) is 55.5 Å². The first-order valence-electron chi connectivity index (χ1n) is 5.71. The number of carbonyl (C=O) groups is 1. The quantitative estimate of drug-likeness (QED) is 0.834. The Morgan fingerprint density at radius 1 is 1.00 bits per heavy atom. The molecule has 0 aliphatic carbocycles. The Bertz CT molecular complexity index is 535. The van der Waals surface area contributed by atoms with Crippen molar-refractivity contribution in [1.29, 1.82) is 0 Å². The lowest BCUT2D eigenvalue weighted by molar-refractivity contribution is -0.119. The molecule has 3 heteroatoms. The van der Waals surface area contributed by atoms with Crippen LogP contribution in [-0.2, 0) is 4.79 Å². The zero-order chi connectivity index (χ0) is 12.8. The average molecular weight is 238 g/mol. The fourth-order valence-electron chi connectivity index (χ4n) is 1.56. The van der Waals surface area contributed by atoms with E-state index < -0.39 is 6.04 Å². The largest absolute Gasteiger partial charge is 0.316 e. The number of aliphatic imine (C=N–C) groups is 1. The van der Waals surface area contributed by atoms with Gasteiger partial charge in [-0.15, -0.1) is 0 Å². The van der Waals surface area contributed by atoms with E-state index >= 15 is 0 Å². The van der Waals surface area contributed by atoms with Crippen LogP contribution in [0, 0.1) is 0 Å². The molecule has 2 aromatic rings. The van der Waals surface area contributed by atoms with Gasteiger partial charge in [-0.25, -0.2) is 4.99 Å². The zero-order valence-corrected chi connectivity index (χ0v) is 9.86. The van der Waals surface area contributed by atoms with Gasteiger partial charge in [0.15, 0.2) is 0 Å². The van der Waals surface area contributed by atoms with E-state index in [4.69, 9.17) is 5.73 Å². The van der Waals surface area contributed by atoms with Crippen molar-refractivity contribution in [1.82, 2.24) is 0 Å². The van der Waals surface area contributed by atoms with Gasteiger partial charge in [-0.1, -0.05) is 60.7 Å². The van der Waals surface area contributed by atoms with Crippen molar-refractivity contribution < 1.29 is 4.79 Å². The molecule has 1 amide bonds. The van der Waals surface area contributed by atoms with Crippen LogP contribution in [0.4, 0.5) is 0 Å². The highest BCUT2D eigenvalue weighted by Gasteiger charge is 2.13. The molecule has 0 spiro atoms. The van der Waals surface area contributed by atoms with E-state index in [1.165, 1.54) is 6.21 Å². The third kappa shape index (κ3) is 3.12. The molecular weight excluding hydrogens is 224 g/mol. The fraction of sp³-hybridized carbons (Fsp3) is 0.0667. The lowest BCUT2D eigenvalue weighted by Crippen LogP contribution is -2.19. The molecule has 0 saturated carbocycles. The van der Waals surface area contributed by atoms with E-state index in [2.05, 4.69) is 4.99 Å². The number of hydrogen-bond acceptors (Lipinski definition) is 2. The van der Waals surface area contributed by atoms with Crippen molar-refractivity contribution in [2.45, 2.75) is 6.04 Å². The highest BCUT2D eigenvalue weighted by molar-refractivity contribution is 5.94. The summed E-state index contributed by atoms with van der Waals surface area (Å²) in [6.45, 7) is 0. The first kappa shape index (κ1) is 12.2. The van der Waals surface area contributed by atoms with Gasteiger partial charge in [0.1, 0.15) is 6.04 Å². The molecule has 0 fully saturated rings. The predicted molar refractivity (Wildman–Crippen MR) is 72.4 cm³/mol. The number of nitrogens with two attached hydrogens (primary N) is 1. The van der Waals surface area contributed by atoms with Gasteiger partial charge < -0.3 is 5.73 Å². The monoisotopic (exact) mass is 238 g/mol. The third-order valence-electron chi connectivity index (χ3n) is 2.57. The smallest absolute Gasteiger partial charge is 0.267 e. The van der Waals surface area contributed by atoms with Crippen molar-refractivity contribution in [3.63, 3.8) is 0 Å². The molecule has 1 atom stereocenters. The van der Waals surface area contributed by atoms with E-state index in [9.17, 15) is 4.79 Å². The molecule has 0 heterocycles. The van der Waals surface area contributed by atoms with Crippen molar-refractivity contribution in [2.75, 3.05) is 0 Å². The second-order valence-electron chi connectivity index (χ2n) is 3.90. The molecule has 90 valence electrons. The SMILES string of the molecule is N[C@H](C(=O)N=Cc1ccccc1)c1ccccc1. The minimum Gasteiger partial charge on any atom is -0.316 e. The molecule has 3 nitrogen and oxygen atoms in total. The molecule has 0 bridgehead atoms. The number of nitrogens with zero attached hydrogens (tertiary/aromatic N) is 1. The summed E-state index contributed by atoms with van der Waals surface area (Å²) in [4.78, 5) is 15.7. The maximum Gasteiger partial charge on any atom is 0.267 e. The van der Waals surface area contributed by atoms with Crippen LogP contribution < -0.4 is 5.73 Å². The van der Waals surface area contributed by atoms with Crippen LogP contribution in [0.15, 0.2) is 65.7 Å². The van der Waals surface area contributed by atoms with Crippen molar-refractivity contribution in [3.8, 4) is 0 Å². The number of rotatable bonds is 3. The zero-order valence-electron chi connectivity index (χ0n) is 9.86. The second-order valence-corrected chi connectivity index (χ2v) is 3.90. The van der Waals surface area contributed by atoms with E-state index in [1.54, 1.807) is 0 Å². The van der Waals surface area contributed by atoms with E-state index in [0.717, 1.165) is 11.1 Å². The molecule has 0 aliphatic heterocycles. The highest BCUT2D eigenvalue weighted by Crippen LogP contribution is 2.10. The molecule has 2 rings (SSSR count).